The monoisotopic (exact) mass is 275 g/mol. The Labute approximate surface area is 116 Å². The van der Waals surface area contributed by atoms with Gasteiger partial charge in [-0.05, 0) is 30.2 Å². The summed E-state index contributed by atoms with van der Waals surface area (Å²) < 4.78 is 0. The summed E-state index contributed by atoms with van der Waals surface area (Å²) in [5, 5.41) is 0.695. The Morgan fingerprint density at radius 2 is 1.95 bits per heavy atom. The second kappa shape index (κ2) is 5.40. The van der Waals surface area contributed by atoms with Crippen molar-refractivity contribution in [3.05, 3.63) is 35.3 Å². The highest BCUT2D eigenvalue weighted by molar-refractivity contribution is 7.15. The van der Waals surface area contributed by atoms with E-state index in [4.69, 9.17) is 5.73 Å². The van der Waals surface area contributed by atoms with E-state index in [9.17, 15) is 4.79 Å². The summed E-state index contributed by atoms with van der Waals surface area (Å²) in [6.07, 6.45) is 1.83. The van der Waals surface area contributed by atoms with Crippen LogP contribution in [0, 0.1) is 0 Å². The van der Waals surface area contributed by atoms with Crippen LogP contribution < -0.4 is 10.6 Å². The third kappa shape index (κ3) is 2.93. The van der Waals surface area contributed by atoms with Crippen molar-refractivity contribution in [1.82, 2.24) is 4.98 Å². The summed E-state index contributed by atoms with van der Waals surface area (Å²) in [4.78, 5) is 19.0. The predicted molar refractivity (Wildman–Crippen MR) is 79.9 cm³/mol. The maximum absolute atomic E-state index is 11.9. The van der Waals surface area contributed by atoms with Crippen molar-refractivity contribution >= 4 is 33.8 Å². The Balaban J connectivity index is 2.39. The number of nitrogen functional groups attached to an aromatic ring is 1. The van der Waals surface area contributed by atoms with Gasteiger partial charge in [0.1, 0.15) is 0 Å². The molecule has 0 spiro atoms. The van der Waals surface area contributed by atoms with Gasteiger partial charge in [-0.15, -0.1) is 11.3 Å². The summed E-state index contributed by atoms with van der Waals surface area (Å²) in [7, 11) is 0. The molecule has 100 valence electrons. The number of hydrogen-bond acceptors (Lipinski definition) is 4. The lowest BCUT2D eigenvalue weighted by atomic mass is 10.2. The number of aromatic nitrogens is 1. The van der Waals surface area contributed by atoms with E-state index in [0.717, 1.165) is 10.6 Å². The van der Waals surface area contributed by atoms with Gasteiger partial charge in [0.25, 0.3) is 0 Å². The Kier molecular flexibility index (Phi) is 3.85. The number of nitrogens with two attached hydrogens (primary N) is 1. The number of thiazole rings is 1. The molecule has 1 aromatic carbocycles. The van der Waals surface area contributed by atoms with Crippen molar-refractivity contribution in [2.75, 3.05) is 10.6 Å². The number of benzene rings is 1. The topological polar surface area (TPSA) is 59.2 Å². The molecule has 0 fully saturated rings. The molecule has 0 unspecified atom stereocenters. The average Bonchev–Trinajstić information content (AvgIpc) is 2.81. The first-order chi connectivity index (χ1) is 8.99. The number of amides is 1. The first-order valence-corrected chi connectivity index (χ1v) is 6.92. The molecule has 2 aromatic rings. The highest BCUT2D eigenvalue weighted by Gasteiger charge is 2.18. The van der Waals surface area contributed by atoms with Gasteiger partial charge in [0.05, 0.1) is 5.69 Å². The molecule has 0 saturated heterocycles. The van der Waals surface area contributed by atoms with Gasteiger partial charge in [0, 0.05) is 23.7 Å². The summed E-state index contributed by atoms with van der Waals surface area (Å²) in [5.41, 5.74) is 7.13. The molecule has 1 heterocycles. The molecule has 1 aromatic heterocycles. The van der Waals surface area contributed by atoms with E-state index in [1.54, 1.807) is 17.0 Å². The van der Waals surface area contributed by atoms with E-state index in [0.29, 0.717) is 16.7 Å². The molecule has 0 aliphatic heterocycles. The van der Waals surface area contributed by atoms with Crippen molar-refractivity contribution < 1.29 is 4.79 Å². The van der Waals surface area contributed by atoms with Crippen molar-refractivity contribution in [2.45, 2.75) is 26.7 Å². The average molecular weight is 275 g/mol. The van der Waals surface area contributed by atoms with Crippen LogP contribution in [-0.4, -0.2) is 10.9 Å². The Bertz CT molecular complexity index is 575. The maximum atomic E-state index is 11.9. The third-order valence-corrected chi connectivity index (χ3v) is 4.02. The molecule has 1 amide bonds. The Morgan fingerprint density at radius 1 is 1.32 bits per heavy atom. The van der Waals surface area contributed by atoms with Crippen molar-refractivity contribution in [1.29, 1.82) is 0 Å². The van der Waals surface area contributed by atoms with Gasteiger partial charge in [-0.25, -0.2) is 4.98 Å². The van der Waals surface area contributed by atoms with Gasteiger partial charge in [0.2, 0.25) is 5.91 Å². The fourth-order valence-corrected chi connectivity index (χ4v) is 2.68. The molecular formula is C14H17N3OS. The maximum Gasteiger partial charge on any atom is 0.230 e. The van der Waals surface area contributed by atoms with Crippen LogP contribution in [0.1, 0.15) is 31.6 Å². The minimum absolute atomic E-state index is 0.0607. The lowest BCUT2D eigenvalue weighted by Gasteiger charge is -2.18. The molecule has 0 aliphatic carbocycles. The molecule has 2 rings (SSSR count). The van der Waals surface area contributed by atoms with Crippen LogP contribution in [-0.2, 0) is 4.79 Å². The standard InChI is InChI=1S/C14H17N3OS/c1-9(2)13-8-16-14(19-13)17(10(3)18)12-6-4-11(15)5-7-12/h4-9H,15H2,1-3H3. The van der Waals surface area contributed by atoms with E-state index in [1.165, 1.54) is 18.3 Å². The highest BCUT2D eigenvalue weighted by Crippen LogP contribution is 2.32. The number of nitrogens with zero attached hydrogens (tertiary/aromatic N) is 2. The minimum Gasteiger partial charge on any atom is -0.399 e. The van der Waals surface area contributed by atoms with Gasteiger partial charge in [0.15, 0.2) is 5.13 Å². The number of hydrogen-bond donors (Lipinski definition) is 1. The summed E-state index contributed by atoms with van der Waals surface area (Å²) >= 11 is 1.54. The Morgan fingerprint density at radius 3 is 2.42 bits per heavy atom. The normalized spacial score (nSPS) is 10.7. The molecule has 0 aliphatic rings. The van der Waals surface area contributed by atoms with Crippen molar-refractivity contribution in [2.24, 2.45) is 0 Å². The summed E-state index contributed by atoms with van der Waals surface area (Å²) in [5.74, 6) is 0.348. The Hall–Kier alpha value is -1.88. The van der Waals surface area contributed by atoms with Gasteiger partial charge in [-0.1, -0.05) is 13.8 Å². The van der Waals surface area contributed by atoms with Crippen LogP contribution in [0.5, 0.6) is 0 Å². The van der Waals surface area contributed by atoms with E-state index in [2.05, 4.69) is 18.8 Å². The fraction of sp³-hybridized carbons (Fsp3) is 0.286. The molecule has 19 heavy (non-hydrogen) atoms. The van der Waals surface area contributed by atoms with Crippen LogP contribution >= 0.6 is 11.3 Å². The van der Waals surface area contributed by atoms with Gasteiger partial charge in [-0.2, -0.15) is 0 Å². The quantitative estimate of drug-likeness (QED) is 0.872. The SMILES string of the molecule is CC(=O)N(c1ccc(N)cc1)c1ncc(C(C)C)s1. The zero-order valence-corrected chi connectivity index (χ0v) is 12.1. The van der Waals surface area contributed by atoms with E-state index in [-0.39, 0.29) is 5.91 Å². The molecule has 4 nitrogen and oxygen atoms in total. The van der Waals surface area contributed by atoms with Gasteiger partial charge >= 0.3 is 0 Å². The highest BCUT2D eigenvalue weighted by atomic mass is 32.1. The van der Waals surface area contributed by atoms with E-state index < -0.39 is 0 Å². The predicted octanol–water partition coefficient (Wildman–Crippen LogP) is 3.53. The molecule has 5 heteroatoms. The number of rotatable bonds is 3. The van der Waals surface area contributed by atoms with E-state index in [1.807, 2.05) is 18.3 Å². The van der Waals surface area contributed by atoms with Crippen LogP contribution in [0.3, 0.4) is 0 Å². The summed E-state index contributed by atoms with van der Waals surface area (Å²) in [6.45, 7) is 5.75. The second-order valence-electron chi connectivity index (χ2n) is 4.65. The number of carbonyl (C=O) groups excluding carboxylic acids is 1. The van der Waals surface area contributed by atoms with E-state index >= 15 is 0 Å². The number of carbonyl (C=O) groups is 1. The van der Waals surface area contributed by atoms with Gasteiger partial charge in [-0.3, -0.25) is 9.69 Å². The fourth-order valence-electron chi connectivity index (χ4n) is 1.70. The smallest absolute Gasteiger partial charge is 0.230 e. The van der Waals surface area contributed by atoms with Crippen LogP contribution in [0.2, 0.25) is 0 Å². The molecule has 0 saturated carbocycles. The largest absolute Gasteiger partial charge is 0.399 e. The second-order valence-corrected chi connectivity index (χ2v) is 5.69. The zero-order chi connectivity index (χ0) is 14.0. The first-order valence-electron chi connectivity index (χ1n) is 6.11. The molecule has 2 N–H and O–H groups in total. The minimum atomic E-state index is -0.0607. The van der Waals surface area contributed by atoms with Crippen LogP contribution in [0.15, 0.2) is 30.5 Å². The first kappa shape index (κ1) is 13.5. The third-order valence-electron chi connectivity index (χ3n) is 2.74. The molecular weight excluding hydrogens is 258 g/mol. The van der Waals surface area contributed by atoms with Crippen molar-refractivity contribution in [3.63, 3.8) is 0 Å². The molecule has 0 atom stereocenters. The van der Waals surface area contributed by atoms with Crippen LogP contribution in [0.4, 0.5) is 16.5 Å². The lowest BCUT2D eigenvalue weighted by Crippen LogP contribution is -2.22. The van der Waals surface area contributed by atoms with Crippen molar-refractivity contribution in [3.8, 4) is 0 Å². The lowest BCUT2D eigenvalue weighted by molar-refractivity contribution is -0.115. The molecule has 0 radical (unpaired) electrons. The molecule has 0 bridgehead atoms. The number of anilines is 3. The van der Waals surface area contributed by atoms with Gasteiger partial charge < -0.3 is 5.73 Å². The van der Waals surface area contributed by atoms with Crippen LogP contribution in [0.25, 0.3) is 0 Å². The zero-order valence-electron chi connectivity index (χ0n) is 11.3. The summed E-state index contributed by atoms with van der Waals surface area (Å²) in [6, 6.07) is 7.21.